The quantitative estimate of drug-likeness (QED) is 0.446. The van der Waals surface area contributed by atoms with Crippen LogP contribution in [0.1, 0.15) is 6.42 Å². The first kappa shape index (κ1) is 8.40. The molecular formula is C8H12FNO. The van der Waals surface area contributed by atoms with Gasteiger partial charge in [-0.2, -0.15) is 0 Å². The van der Waals surface area contributed by atoms with E-state index in [1.165, 1.54) is 6.08 Å². The Balaban J connectivity index is 2.17. The highest BCUT2D eigenvalue weighted by molar-refractivity contribution is 5.64. The molecule has 1 rings (SSSR count). The van der Waals surface area contributed by atoms with Crippen LogP contribution in [0, 0.1) is 0 Å². The second-order valence-electron chi connectivity index (χ2n) is 2.71. The van der Waals surface area contributed by atoms with Gasteiger partial charge in [-0.25, -0.2) is 4.39 Å². The van der Waals surface area contributed by atoms with Gasteiger partial charge in [0.2, 0.25) is 0 Å². The Kier molecular flexibility index (Phi) is 3.23. The summed E-state index contributed by atoms with van der Waals surface area (Å²) in [6, 6.07) is 0. The molecular weight excluding hydrogens is 145 g/mol. The van der Waals surface area contributed by atoms with Crippen molar-refractivity contribution in [2.45, 2.75) is 12.6 Å². The molecule has 1 atom stereocenters. The molecule has 1 heterocycles. The number of carbonyl (C=O) groups excluding carboxylic acids is 1. The van der Waals surface area contributed by atoms with E-state index < -0.39 is 6.17 Å². The van der Waals surface area contributed by atoms with Gasteiger partial charge in [0.25, 0.3) is 0 Å². The van der Waals surface area contributed by atoms with Crippen LogP contribution in [0.2, 0.25) is 0 Å². The van der Waals surface area contributed by atoms with Crippen LogP contribution in [0.4, 0.5) is 4.39 Å². The molecule has 0 unspecified atom stereocenters. The molecule has 1 aliphatic rings. The van der Waals surface area contributed by atoms with E-state index in [1.54, 1.807) is 6.08 Å². The van der Waals surface area contributed by atoms with Crippen molar-refractivity contribution in [1.29, 1.82) is 0 Å². The predicted octanol–water partition coefficient (Wildman–Crippen LogP) is 0.785. The molecule has 0 aromatic rings. The third-order valence-corrected chi connectivity index (χ3v) is 1.79. The summed E-state index contributed by atoms with van der Waals surface area (Å²) >= 11 is 0. The van der Waals surface area contributed by atoms with Gasteiger partial charge in [-0.3, -0.25) is 9.69 Å². The third-order valence-electron chi connectivity index (χ3n) is 1.79. The average Bonchev–Trinajstić information content (AvgIpc) is 2.37. The lowest BCUT2D eigenvalue weighted by Crippen LogP contribution is -2.20. The molecule has 0 radical (unpaired) electrons. The summed E-state index contributed by atoms with van der Waals surface area (Å²) in [5, 5.41) is 0. The van der Waals surface area contributed by atoms with Crippen molar-refractivity contribution in [1.82, 2.24) is 4.90 Å². The van der Waals surface area contributed by atoms with Crippen LogP contribution in [0.25, 0.3) is 0 Å². The van der Waals surface area contributed by atoms with Gasteiger partial charge in [-0.05, 0) is 12.5 Å². The Morgan fingerprint density at radius 3 is 3.00 bits per heavy atom. The van der Waals surface area contributed by atoms with Crippen LogP contribution in [-0.4, -0.2) is 37.0 Å². The zero-order chi connectivity index (χ0) is 8.10. The molecule has 3 heteroatoms. The van der Waals surface area contributed by atoms with Crippen molar-refractivity contribution < 1.29 is 9.18 Å². The second kappa shape index (κ2) is 4.23. The topological polar surface area (TPSA) is 20.3 Å². The van der Waals surface area contributed by atoms with Gasteiger partial charge in [0.1, 0.15) is 12.5 Å². The van der Waals surface area contributed by atoms with Crippen LogP contribution in [0.3, 0.4) is 0 Å². The Morgan fingerprint density at radius 2 is 2.45 bits per heavy atom. The molecule has 1 aliphatic heterocycles. The molecule has 1 saturated heterocycles. The molecule has 0 spiro atoms. The van der Waals surface area contributed by atoms with E-state index in [4.69, 9.17) is 0 Å². The average molecular weight is 157 g/mol. The number of alkyl halides is 1. The molecule has 0 saturated carbocycles. The first-order chi connectivity index (χ1) is 5.33. The highest BCUT2D eigenvalue weighted by Gasteiger charge is 2.19. The fraction of sp³-hybridized carbons (Fsp3) is 0.625. The van der Waals surface area contributed by atoms with E-state index in [0.29, 0.717) is 19.5 Å². The number of nitrogens with zero attached hydrogens (tertiary/aromatic N) is 1. The molecule has 62 valence electrons. The lowest BCUT2D eigenvalue weighted by molar-refractivity contribution is -0.104. The number of carbonyl (C=O) groups is 1. The number of hydrogen-bond donors (Lipinski definition) is 0. The van der Waals surface area contributed by atoms with E-state index in [1.807, 2.05) is 4.90 Å². The van der Waals surface area contributed by atoms with Crippen LogP contribution in [-0.2, 0) is 4.79 Å². The van der Waals surface area contributed by atoms with Crippen LogP contribution in [0.5, 0.6) is 0 Å². The smallest absolute Gasteiger partial charge is 0.142 e. The molecule has 0 aromatic heterocycles. The van der Waals surface area contributed by atoms with Gasteiger partial charge < -0.3 is 0 Å². The number of allylic oxidation sites excluding steroid dienone is 1. The van der Waals surface area contributed by atoms with Crippen molar-refractivity contribution in [3.05, 3.63) is 12.2 Å². The summed E-state index contributed by atoms with van der Waals surface area (Å²) < 4.78 is 12.5. The predicted molar refractivity (Wildman–Crippen MR) is 41.2 cm³/mol. The van der Waals surface area contributed by atoms with Crippen molar-refractivity contribution in [3.8, 4) is 0 Å². The number of halogens is 1. The van der Waals surface area contributed by atoms with Gasteiger partial charge in [0.05, 0.1) is 0 Å². The molecule has 11 heavy (non-hydrogen) atoms. The molecule has 0 aromatic carbocycles. The first-order valence-electron chi connectivity index (χ1n) is 3.79. The van der Waals surface area contributed by atoms with Gasteiger partial charge in [-0.15, -0.1) is 0 Å². The molecule has 0 amide bonds. The Hall–Kier alpha value is -0.700. The maximum Gasteiger partial charge on any atom is 0.142 e. The normalized spacial score (nSPS) is 26.5. The number of aldehydes is 1. The van der Waals surface area contributed by atoms with Crippen LogP contribution < -0.4 is 0 Å². The van der Waals surface area contributed by atoms with Crippen LogP contribution >= 0.6 is 0 Å². The van der Waals surface area contributed by atoms with E-state index in [-0.39, 0.29) is 0 Å². The standard InChI is InChI=1S/C8H12FNO/c9-8-3-5-10(7-8)4-1-2-6-11/h1-2,6,8H,3-5,7H2/t8-/m1/s1. The fourth-order valence-electron chi connectivity index (χ4n) is 1.22. The first-order valence-corrected chi connectivity index (χ1v) is 3.79. The summed E-state index contributed by atoms with van der Waals surface area (Å²) in [6.07, 6.45) is 3.91. The third kappa shape index (κ3) is 2.80. The maximum absolute atomic E-state index is 12.5. The minimum Gasteiger partial charge on any atom is -0.299 e. The second-order valence-corrected chi connectivity index (χ2v) is 2.71. The Labute approximate surface area is 65.7 Å². The van der Waals surface area contributed by atoms with Crippen LogP contribution in [0.15, 0.2) is 12.2 Å². The SMILES string of the molecule is O=CC=CCN1CC[C@@H](F)C1. The highest BCUT2D eigenvalue weighted by atomic mass is 19.1. The zero-order valence-corrected chi connectivity index (χ0v) is 6.37. The van der Waals surface area contributed by atoms with Gasteiger partial charge in [-0.1, -0.05) is 6.08 Å². The number of likely N-dealkylation sites (tertiary alicyclic amines) is 1. The zero-order valence-electron chi connectivity index (χ0n) is 6.37. The summed E-state index contributed by atoms with van der Waals surface area (Å²) in [4.78, 5) is 11.9. The Bertz CT molecular complexity index is 158. The minimum atomic E-state index is -0.667. The highest BCUT2D eigenvalue weighted by Crippen LogP contribution is 2.11. The monoisotopic (exact) mass is 157 g/mol. The lowest BCUT2D eigenvalue weighted by atomic mass is 10.3. The summed E-state index contributed by atoms with van der Waals surface area (Å²) in [7, 11) is 0. The van der Waals surface area contributed by atoms with Crippen molar-refractivity contribution >= 4 is 6.29 Å². The molecule has 1 fully saturated rings. The van der Waals surface area contributed by atoms with Crippen molar-refractivity contribution in [3.63, 3.8) is 0 Å². The minimum absolute atomic E-state index is 0.517. The fourth-order valence-corrected chi connectivity index (χ4v) is 1.22. The summed E-state index contributed by atoms with van der Waals surface area (Å²) in [5.41, 5.74) is 0. The van der Waals surface area contributed by atoms with E-state index in [9.17, 15) is 9.18 Å². The number of hydrogen-bond acceptors (Lipinski definition) is 2. The van der Waals surface area contributed by atoms with Gasteiger partial charge in [0.15, 0.2) is 0 Å². The van der Waals surface area contributed by atoms with Gasteiger partial charge >= 0.3 is 0 Å². The maximum atomic E-state index is 12.5. The Morgan fingerprint density at radius 1 is 1.64 bits per heavy atom. The number of rotatable bonds is 3. The molecule has 2 nitrogen and oxygen atoms in total. The molecule has 0 N–H and O–H groups in total. The van der Waals surface area contributed by atoms with Crippen molar-refractivity contribution in [2.24, 2.45) is 0 Å². The lowest BCUT2D eigenvalue weighted by Gasteiger charge is -2.09. The van der Waals surface area contributed by atoms with E-state index in [0.717, 1.165) is 12.8 Å². The largest absolute Gasteiger partial charge is 0.299 e. The summed E-state index contributed by atoms with van der Waals surface area (Å²) in [6.45, 7) is 2.02. The van der Waals surface area contributed by atoms with E-state index in [2.05, 4.69) is 0 Å². The van der Waals surface area contributed by atoms with E-state index >= 15 is 0 Å². The van der Waals surface area contributed by atoms with Crippen molar-refractivity contribution in [2.75, 3.05) is 19.6 Å². The molecule has 0 bridgehead atoms. The summed E-state index contributed by atoms with van der Waals surface area (Å²) in [5.74, 6) is 0. The molecule has 0 aliphatic carbocycles. The van der Waals surface area contributed by atoms with Gasteiger partial charge in [0, 0.05) is 19.6 Å².